The fraction of sp³-hybridized carbons (Fsp3) is 1.00. The van der Waals surface area contributed by atoms with Gasteiger partial charge in [-0.15, -0.1) is 0 Å². The standard InChI is InChI=1S/C8H18O2/c1-4-5-10-6-7(2)8(3)9/h7-9H,4-6H2,1-3H3/t7-,8-/m0/s1. The van der Waals surface area contributed by atoms with Crippen LogP contribution in [-0.2, 0) is 4.74 Å². The monoisotopic (exact) mass is 146 g/mol. The summed E-state index contributed by atoms with van der Waals surface area (Å²) in [4.78, 5) is 0. The average molecular weight is 146 g/mol. The molecule has 2 atom stereocenters. The zero-order chi connectivity index (χ0) is 7.98. The molecule has 0 unspecified atom stereocenters. The Kier molecular flexibility index (Phi) is 5.64. The third-order valence-electron chi connectivity index (χ3n) is 1.55. The van der Waals surface area contributed by atoms with Gasteiger partial charge in [0.25, 0.3) is 0 Å². The van der Waals surface area contributed by atoms with Crippen molar-refractivity contribution in [3.63, 3.8) is 0 Å². The number of ether oxygens (including phenoxy) is 1. The van der Waals surface area contributed by atoms with E-state index in [0.717, 1.165) is 13.0 Å². The average Bonchev–Trinajstić information content (AvgIpc) is 1.88. The van der Waals surface area contributed by atoms with Gasteiger partial charge in [-0.3, -0.25) is 0 Å². The van der Waals surface area contributed by atoms with Gasteiger partial charge >= 0.3 is 0 Å². The van der Waals surface area contributed by atoms with Gasteiger partial charge in [0.15, 0.2) is 0 Å². The lowest BCUT2D eigenvalue weighted by atomic mass is 10.1. The molecule has 0 bridgehead atoms. The van der Waals surface area contributed by atoms with E-state index < -0.39 is 0 Å². The minimum absolute atomic E-state index is 0.253. The first-order valence-corrected chi connectivity index (χ1v) is 3.94. The van der Waals surface area contributed by atoms with Crippen LogP contribution in [0.5, 0.6) is 0 Å². The van der Waals surface area contributed by atoms with Gasteiger partial charge in [0.2, 0.25) is 0 Å². The molecule has 0 aliphatic carbocycles. The van der Waals surface area contributed by atoms with Crippen molar-refractivity contribution in [1.82, 2.24) is 0 Å². The smallest absolute Gasteiger partial charge is 0.0559 e. The Labute approximate surface area is 63.2 Å². The van der Waals surface area contributed by atoms with Crippen LogP contribution in [0.4, 0.5) is 0 Å². The normalized spacial score (nSPS) is 16.8. The molecule has 0 heterocycles. The summed E-state index contributed by atoms with van der Waals surface area (Å²) >= 11 is 0. The number of aliphatic hydroxyl groups excluding tert-OH is 1. The van der Waals surface area contributed by atoms with E-state index >= 15 is 0 Å². The van der Waals surface area contributed by atoms with Crippen molar-refractivity contribution >= 4 is 0 Å². The maximum atomic E-state index is 9.04. The van der Waals surface area contributed by atoms with E-state index in [9.17, 15) is 0 Å². The van der Waals surface area contributed by atoms with Crippen LogP contribution in [0, 0.1) is 5.92 Å². The molecule has 0 radical (unpaired) electrons. The molecular formula is C8H18O2. The molecule has 0 spiro atoms. The number of hydrogen-bond acceptors (Lipinski definition) is 2. The van der Waals surface area contributed by atoms with E-state index in [1.807, 2.05) is 6.92 Å². The summed E-state index contributed by atoms with van der Waals surface area (Å²) in [6, 6.07) is 0. The number of rotatable bonds is 5. The second kappa shape index (κ2) is 5.69. The molecule has 10 heavy (non-hydrogen) atoms. The molecular weight excluding hydrogens is 128 g/mol. The molecule has 0 amide bonds. The van der Waals surface area contributed by atoms with Crippen LogP contribution in [0.1, 0.15) is 27.2 Å². The summed E-state index contributed by atoms with van der Waals surface area (Å²) in [5, 5.41) is 9.04. The highest BCUT2D eigenvalue weighted by molar-refractivity contribution is 4.56. The first-order valence-electron chi connectivity index (χ1n) is 3.94. The van der Waals surface area contributed by atoms with Crippen LogP contribution < -0.4 is 0 Å². The highest BCUT2D eigenvalue weighted by Gasteiger charge is 2.07. The summed E-state index contributed by atoms with van der Waals surface area (Å²) < 4.78 is 5.25. The van der Waals surface area contributed by atoms with Crippen molar-refractivity contribution in [2.24, 2.45) is 5.92 Å². The largest absolute Gasteiger partial charge is 0.393 e. The third kappa shape index (κ3) is 4.77. The van der Waals surface area contributed by atoms with Gasteiger partial charge in [0, 0.05) is 12.5 Å². The molecule has 2 heteroatoms. The Morgan fingerprint density at radius 1 is 1.40 bits per heavy atom. The molecule has 0 fully saturated rings. The van der Waals surface area contributed by atoms with Crippen molar-refractivity contribution in [1.29, 1.82) is 0 Å². The van der Waals surface area contributed by atoms with Crippen molar-refractivity contribution in [2.45, 2.75) is 33.3 Å². The molecule has 0 aliphatic heterocycles. The van der Waals surface area contributed by atoms with E-state index in [0.29, 0.717) is 6.61 Å². The zero-order valence-corrected chi connectivity index (χ0v) is 7.13. The Morgan fingerprint density at radius 2 is 2.00 bits per heavy atom. The number of hydrogen-bond donors (Lipinski definition) is 1. The molecule has 2 nitrogen and oxygen atoms in total. The van der Waals surface area contributed by atoms with E-state index in [-0.39, 0.29) is 12.0 Å². The molecule has 1 N–H and O–H groups in total. The molecule has 0 aliphatic rings. The maximum Gasteiger partial charge on any atom is 0.0559 e. The molecule has 0 rings (SSSR count). The van der Waals surface area contributed by atoms with E-state index in [2.05, 4.69) is 6.92 Å². The minimum Gasteiger partial charge on any atom is -0.393 e. The predicted octanol–water partition coefficient (Wildman–Crippen LogP) is 1.43. The first-order chi connectivity index (χ1) is 4.68. The van der Waals surface area contributed by atoms with Crippen LogP contribution in [-0.4, -0.2) is 24.4 Å². The Balaban J connectivity index is 3.13. The van der Waals surface area contributed by atoms with Crippen LogP contribution in [0.2, 0.25) is 0 Å². The lowest BCUT2D eigenvalue weighted by Gasteiger charge is -2.13. The van der Waals surface area contributed by atoms with Crippen LogP contribution in [0.3, 0.4) is 0 Å². The fourth-order valence-corrected chi connectivity index (χ4v) is 0.553. The summed E-state index contributed by atoms with van der Waals surface area (Å²) in [6.07, 6.45) is 0.795. The minimum atomic E-state index is -0.253. The fourth-order valence-electron chi connectivity index (χ4n) is 0.553. The summed E-state index contributed by atoms with van der Waals surface area (Å²) in [7, 11) is 0. The van der Waals surface area contributed by atoms with Crippen molar-refractivity contribution in [3.05, 3.63) is 0 Å². The predicted molar refractivity (Wildman–Crippen MR) is 42.0 cm³/mol. The van der Waals surface area contributed by atoms with Gasteiger partial charge in [0.1, 0.15) is 0 Å². The summed E-state index contributed by atoms with van der Waals surface area (Å²) in [6.45, 7) is 7.33. The highest BCUT2D eigenvalue weighted by atomic mass is 16.5. The van der Waals surface area contributed by atoms with Crippen LogP contribution >= 0.6 is 0 Å². The van der Waals surface area contributed by atoms with Gasteiger partial charge in [-0.25, -0.2) is 0 Å². The molecule has 62 valence electrons. The molecule has 0 aromatic heterocycles. The summed E-state index contributed by atoms with van der Waals surface area (Å²) in [5.74, 6) is 0.256. The van der Waals surface area contributed by atoms with E-state index in [4.69, 9.17) is 9.84 Å². The lowest BCUT2D eigenvalue weighted by molar-refractivity contribution is 0.0446. The number of aliphatic hydroxyl groups is 1. The first kappa shape index (κ1) is 9.92. The molecule has 0 saturated heterocycles. The Morgan fingerprint density at radius 3 is 2.40 bits per heavy atom. The second-order valence-electron chi connectivity index (χ2n) is 2.79. The van der Waals surface area contributed by atoms with Gasteiger partial charge in [-0.1, -0.05) is 13.8 Å². The van der Waals surface area contributed by atoms with Gasteiger partial charge in [0.05, 0.1) is 12.7 Å². The van der Waals surface area contributed by atoms with Gasteiger partial charge < -0.3 is 9.84 Å². The SMILES string of the molecule is CCCOC[C@H](C)[C@H](C)O. The van der Waals surface area contributed by atoms with Crippen molar-refractivity contribution in [3.8, 4) is 0 Å². The van der Waals surface area contributed by atoms with Crippen molar-refractivity contribution < 1.29 is 9.84 Å². The van der Waals surface area contributed by atoms with E-state index in [1.54, 1.807) is 6.92 Å². The third-order valence-corrected chi connectivity index (χ3v) is 1.55. The topological polar surface area (TPSA) is 29.5 Å². The molecule has 0 aromatic rings. The Bertz CT molecular complexity index is 71.7. The summed E-state index contributed by atoms with van der Waals surface area (Å²) in [5.41, 5.74) is 0. The lowest BCUT2D eigenvalue weighted by Crippen LogP contribution is -2.18. The molecule has 0 aromatic carbocycles. The quantitative estimate of drug-likeness (QED) is 0.594. The van der Waals surface area contributed by atoms with Crippen LogP contribution in [0.15, 0.2) is 0 Å². The van der Waals surface area contributed by atoms with Crippen LogP contribution in [0.25, 0.3) is 0 Å². The molecule has 0 saturated carbocycles. The Hall–Kier alpha value is -0.0800. The second-order valence-corrected chi connectivity index (χ2v) is 2.79. The van der Waals surface area contributed by atoms with E-state index in [1.165, 1.54) is 0 Å². The zero-order valence-electron chi connectivity index (χ0n) is 7.13. The van der Waals surface area contributed by atoms with Gasteiger partial charge in [-0.2, -0.15) is 0 Å². The highest BCUT2D eigenvalue weighted by Crippen LogP contribution is 2.01. The van der Waals surface area contributed by atoms with Crippen molar-refractivity contribution in [2.75, 3.05) is 13.2 Å². The maximum absolute atomic E-state index is 9.04. The van der Waals surface area contributed by atoms with Gasteiger partial charge in [-0.05, 0) is 13.3 Å².